The molecule has 0 bridgehead atoms. The Hall–Kier alpha value is -0.920. The van der Waals surface area contributed by atoms with Crippen LogP contribution in [0.5, 0.6) is 0 Å². The summed E-state index contributed by atoms with van der Waals surface area (Å²) in [6, 6.07) is 2.38. The zero-order valence-electron chi connectivity index (χ0n) is 10.5. The van der Waals surface area contributed by atoms with E-state index in [-0.39, 0.29) is 0 Å². The Balaban J connectivity index is 1.50. The summed E-state index contributed by atoms with van der Waals surface area (Å²) >= 11 is 9.12. The van der Waals surface area contributed by atoms with Crippen LogP contribution in [0.3, 0.4) is 0 Å². The van der Waals surface area contributed by atoms with Crippen molar-refractivity contribution in [2.75, 3.05) is 5.32 Å². The minimum Gasteiger partial charge on any atom is -0.357 e. The molecule has 2 aliphatic carbocycles. The number of rotatable bonds is 5. The fourth-order valence-corrected chi connectivity index (χ4v) is 3.83. The third kappa shape index (κ3) is 3.05. The number of hydrogen-bond donors (Lipinski definition) is 1. The lowest BCUT2D eigenvalue weighted by Gasteiger charge is -2.01. The van der Waals surface area contributed by atoms with Gasteiger partial charge in [-0.15, -0.1) is 10.2 Å². The first-order valence-corrected chi connectivity index (χ1v) is 8.60. The minimum atomic E-state index is 0.495. The van der Waals surface area contributed by atoms with Crippen molar-refractivity contribution in [3.8, 4) is 0 Å². The molecule has 5 nitrogen and oxygen atoms in total. The van der Waals surface area contributed by atoms with E-state index in [1.807, 2.05) is 0 Å². The lowest BCUT2D eigenvalue weighted by atomic mass is 10.4. The molecule has 104 valence electrons. The molecule has 0 saturated heterocycles. The van der Waals surface area contributed by atoms with E-state index in [9.17, 15) is 0 Å². The normalized spacial score (nSPS) is 18.2. The Labute approximate surface area is 129 Å². The van der Waals surface area contributed by atoms with Crippen molar-refractivity contribution in [1.82, 2.24) is 20.2 Å². The maximum Gasteiger partial charge on any atom is 0.206 e. The predicted octanol–water partition coefficient (Wildman–Crippen LogP) is 3.58. The predicted molar refractivity (Wildman–Crippen MR) is 79.7 cm³/mol. The number of anilines is 1. The molecule has 2 aliphatic rings. The summed E-state index contributed by atoms with van der Waals surface area (Å²) in [6.45, 7) is 0. The second kappa shape index (κ2) is 5.13. The van der Waals surface area contributed by atoms with Gasteiger partial charge in [0.15, 0.2) is 4.34 Å². The van der Waals surface area contributed by atoms with Gasteiger partial charge in [0.2, 0.25) is 5.13 Å². The van der Waals surface area contributed by atoms with Crippen molar-refractivity contribution in [3.63, 3.8) is 0 Å². The van der Waals surface area contributed by atoms with E-state index in [0.29, 0.717) is 17.1 Å². The molecule has 2 saturated carbocycles. The van der Waals surface area contributed by atoms with Crippen molar-refractivity contribution in [2.45, 2.75) is 47.0 Å². The summed E-state index contributed by atoms with van der Waals surface area (Å²) in [6.07, 6.45) is 4.79. The molecule has 4 rings (SSSR count). The molecule has 0 atom stereocenters. The summed E-state index contributed by atoms with van der Waals surface area (Å²) in [7, 11) is 0. The quantitative estimate of drug-likeness (QED) is 0.848. The van der Waals surface area contributed by atoms with Crippen LogP contribution in [-0.2, 0) is 0 Å². The average Bonchev–Trinajstić information content (AvgIpc) is 3.30. The number of hydrogen-bond acceptors (Lipinski definition) is 7. The van der Waals surface area contributed by atoms with E-state index >= 15 is 0 Å². The van der Waals surface area contributed by atoms with Gasteiger partial charge in [-0.1, -0.05) is 22.9 Å². The van der Waals surface area contributed by atoms with Crippen molar-refractivity contribution in [2.24, 2.45) is 0 Å². The van der Waals surface area contributed by atoms with E-state index in [4.69, 9.17) is 11.6 Å². The molecule has 2 aromatic heterocycles. The zero-order chi connectivity index (χ0) is 13.5. The second-order valence-corrected chi connectivity index (χ2v) is 7.69. The van der Waals surface area contributed by atoms with Crippen molar-refractivity contribution < 1.29 is 0 Å². The molecule has 0 unspecified atom stereocenters. The van der Waals surface area contributed by atoms with Crippen LogP contribution in [0.4, 0.5) is 5.13 Å². The molecule has 2 heterocycles. The van der Waals surface area contributed by atoms with E-state index < -0.39 is 0 Å². The SMILES string of the molecule is Clc1cc(Sc2nnc(NC3CC3)s2)nc(C2CC2)n1. The fourth-order valence-electron chi connectivity index (χ4n) is 1.79. The number of halogens is 1. The van der Waals surface area contributed by atoms with E-state index in [1.165, 1.54) is 37.4 Å². The molecule has 0 spiro atoms. The highest BCUT2D eigenvalue weighted by Gasteiger charge is 2.27. The van der Waals surface area contributed by atoms with Crippen LogP contribution in [-0.4, -0.2) is 26.2 Å². The van der Waals surface area contributed by atoms with Crippen LogP contribution < -0.4 is 5.32 Å². The van der Waals surface area contributed by atoms with Gasteiger partial charge in [-0.3, -0.25) is 0 Å². The first-order valence-electron chi connectivity index (χ1n) is 6.58. The van der Waals surface area contributed by atoms with Crippen LogP contribution >= 0.6 is 34.7 Å². The summed E-state index contributed by atoms with van der Waals surface area (Å²) < 4.78 is 0.879. The van der Waals surface area contributed by atoms with Crippen LogP contribution in [0, 0.1) is 0 Å². The van der Waals surface area contributed by atoms with Crippen LogP contribution in [0.15, 0.2) is 15.4 Å². The van der Waals surface area contributed by atoms with Crippen molar-refractivity contribution >= 4 is 39.8 Å². The van der Waals surface area contributed by atoms with Gasteiger partial charge in [-0.2, -0.15) is 0 Å². The first-order chi connectivity index (χ1) is 9.76. The van der Waals surface area contributed by atoms with Gasteiger partial charge < -0.3 is 5.32 Å². The Morgan fingerprint density at radius 2 is 2.05 bits per heavy atom. The Morgan fingerprint density at radius 1 is 1.20 bits per heavy atom. The molecule has 0 aliphatic heterocycles. The highest BCUT2D eigenvalue weighted by Crippen LogP contribution is 2.40. The third-order valence-corrected chi connectivity index (χ3v) is 5.15. The van der Waals surface area contributed by atoms with Crippen LogP contribution in [0.1, 0.15) is 37.4 Å². The van der Waals surface area contributed by atoms with Crippen LogP contribution in [0.2, 0.25) is 5.15 Å². The van der Waals surface area contributed by atoms with Gasteiger partial charge in [-0.25, -0.2) is 9.97 Å². The molecular formula is C12H12ClN5S2. The average molecular weight is 326 g/mol. The standard InChI is InChI=1S/C12H12ClN5S2/c13-8-5-9(16-10(15-8)6-1-2-6)19-12-18-17-11(20-12)14-7-3-4-7/h5-7H,1-4H2,(H,14,17). The summed E-state index contributed by atoms with van der Waals surface area (Å²) in [5.41, 5.74) is 0. The van der Waals surface area contributed by atoms with E-state index in [0.717, 1.165) is 20.3 Å². The minimum absolute atomic E-state index is 0.495. The maximum absolute atomic E-state index is 6.06. The lowest BCUT2D eigenvalue weighted by molar-refractivity contribution is 0.877. The number of nitrogens with zero attached hydrogens (tertiary/aromatic N) is 4. The van der Waals surface area contributed by atoms with Gasteiger partial charge in [0.05, 0.1) is 0 Å². The number of nitrogens with one attached hydrogen (secondary N) is 1. The zero-order valence-corrected chi connectivity index (χ0v) is 12.9. The largest absolute Gasteiger partial charge is 0.357 e. The Morgan fingerprint density at radius 3 is 2.80 bits per heavy atom. The fraction of sp³-hybridized carbons (Fsp3) is 0.500. The summed E-state index contributed by atoms with van der Waals surface area (Å²) in [5.74, 6) is 1.36. The summed E-state index contributed by atoms with van der Waals surface area (Å²) in [4.78, 5) is 8.85. The monoisotopic (exact) mass is 325 g/mol. The van der Waals surface area contributed by atoms with Gasteiger partial charge in [0.25, 0.3) is 0 Å². The van der Waals surface area contributed by atoms with Crippen molar-refractivity contribution in [1.29, 1.82) is 0 Å². The molecule has 0 radical (unpaired) electrons. The highest BCUT2D eigenvalue weighted by molar-refractivity contribution is 8.01. The Kier molecular flexibility index (Phi) is 3.28. The van der Waals surface area contributed by atoms with E-state index in [1.54, 1.807) is 17.4 Å². The van der Waals surface area contributed by atoms with Gasteiger partial charge in [0.1, 0.15) is 16.0 Å². The molecule has 2 aromatic rings. The molecule has 1 N–H and O–H groups in total. The molecule has 0 amide bonds. The molecule has 0 aromatic carbocycles. The van der Waals surface area contributed by atoms with Crippen molar-refractivity contribution in [3.05, 3.63) is 17.0 Å². The molecular weight excluding hydrogens is 314 g/mol. The smallest absolute Gasteiger partial charge is 0.206 e. The highest BCUT2D eigenvalue weighted by atomic mass is 35.5. The van der Waals surface area contributed by atoms with Gasteiger partial charge >= 0.3 is 0 Å². The van der Waals surface area contributed by atoms with Crippen LogP contribution in [0.25, 0.3) is 0 Å². The molecule has 20 heavy (non-hydrogen) atoms. The van der Waals surface area contributed by atoms with Gasteiger partial charge in [-0.05, 0) is 37.4 Å². The summed E-state index contributed by atoms with van der Waals surface area (Å²) in [5, 5.41) is 13.9. The third-order valence-electron chi connectivity index (χ3n) is 3.13. The molecule has 8 heteroatoms. The molecule has 2 fully saturated rings. The first kappa shape index (κ1) is 12.8. The maximum atomic E-state index is 6.06. The lowest BCUT2D eigenvalue weighted by Crippen LogP contribution is -1.99. The number of aromatic nitrogens is 4. The Bertz CT molecular complexity index is 639. The topological polar surface area (TPSA) is 63.6 Å². The van der Waals surface area contributed by atoms with E-state index in [2.05, 4.69) is 25.5 Å². The van der Waals surface area contributed by atoms with Gasteiger partial charge in [0, 0.05) is 18.0 Å². The second-order valence-electron chi connectivity index (χ2n) is 5.06.